The number of thiophene rings is 1. The minimum absolute atomic E-state index is 0.0403. The van der Waals surface area contributed by atoms with Crippen molar-refractivity contribution in [2.45, 2.75) is 17.9 Å². The lowest BCUT2D eigenvalue weighted by molar-refractivity contribution is 0.0730. The third-order valence-electron chi connectivity index (χ3n) is 3.74. The molecule has 0 aromatic carbocycles. The van der Waals surface area contributed by atoms with Gasteiger partial charge in [0.05, 0.1) is 25.5 Å². The molecule has 3 heterocycles. The summed E-state index contributed by atoms with van der Waals surface area (Å²) < 4.78 is 37.3. The van der Waals surface area contributed by atoms with Crippen molar-refractivity contribution in [1.29, 1.82) is 0 Å². The average molecular weight is 370 g/mol. The summed E-state index contributed by atoms with van der Waals surface area (Å²) in [6, 6.07) is 4.61. The molecule has 1 amide bonds. The molecule has 3 rings (SSSR count). The molecule has 9 heteroatoms. The van der Waals surface area contributed by atoms with Crippen LogP contribution >= 0.6 is 11.3 Å². The number of morpholine rings is 1. The monoisotopic (exact) mass is 370 g/mol. The molecule has 1 saturated heterocycles. The van der Waals surface area contributed by atoms with Gasteiger partial charge in [-0.25, -0.2) is 8.42 Å². The first-order valence-electron chi connectivity index (χ1n) is 7.50. The highest BCUT2D eigenvalue weighted by Gasteiger charge is 2.31. The maximum atomic E-state index is 12.8. The van der Waals surface area contributed by atoms with Gasteiger partial charge in [0.15, 0.2) is 0 Å². The number of rotatable bonds is 5. The van der Waals surface area contributed by atoms with Crippen LogP contribution in [-0.4, -0.2) is 44.9 Å². The predicted octanol–water partition coefficient (Wildman–Crippen LogP) is 1.85. The lowest BCUT2D eigenvalue weighted by atomic mass is 10.2. The highest BCUT2D eigenvalue weighted by Crippen LogP contribution is 2.26. The van der Waals surface area contributed by atoms with Crippen molar-refractivity contribution in [3.05, 3.63) is 40.5 Å². The highest BCUT2D eigenvalue weighted by molar-refractivity contribution is 7.89. The van der Waals surface area contributed by atoms with Crippen molar-refractivity contribution in [3.63, 3.8) is 0 Å². The first-order chi connectivity index (χ1) is 11.5. The molecule has 7 nitrogen and oxygen atoms in total. The lowest BCUT2D eigenvalue weighted by Gasteiger charge is -2.26. The van der Waals surface area contributed by atoms with Crippen LogP contribution in [-0.2, 0) is 14.8 Å². The van der Waals surface area contributed by atoms with Crippen molar-refractivity contribution in [3.8, 4) is 0 Å². The van der Waals surface area contributed by atoms with Crippen LogP contribution in [0.2, 0.25) is 0 Å². The van der Waals surface area contributed by atoms with Crippen LogP contribution in [0.25, 0.3) is 0 Å². The fourth-order valence-corrected chi connectivity index (χ4v) is 5.17. The van der Waals surface area contributed by atoms with Crippen molar-refractivity contribution >= 4 is 27.3 Å². The largest absolute Gasteiger partial charge is 0.467 e. The van der Waals surface area contributed by atoms with Crippen LogP contribution in [0.4, 0.5) is 0 Å². The molecule has 0 spiro atoms. The molecular formula is C15H18N2O5S2. The third-order valence-corrected chi connectivity index (χ3v) is 6.72. The smallest absolute Gasteiger partial charge is 0.263 e. The molecular weight excluding hydrogens is 352 g/mol. The summed E-state index contributed by atoms with van der Waals surface area (Å²) in [5, 5.41) is 4.38. The minimum atomic E-state index is -3.70. The first kappa shape index (κ1) is 17.2. The van der Waals surface area contributed by atoms with Gasteiger partial charge in [-0.3, -0.25) is 4.79 Å². The number of amides is 1. The number of hydrogen-bond donors (Lipinski definition) is 1. The van der Waals surface area contributed by atoms with Crippen LogP contribution in [0.5, 0.6) is 0 Å². The molecule has 1 aliphatic heterocycles. The van der Waals surface area contributed by atoms with Gasteiger partial charge in [0, 0.05) is 13.1 Å². The number of hydrogen-bond acceptors (Lipinski definition) is 6. The molecule has 2 aromatic heterocycles. The van der Waals surface area contributed by atoms with E-state index in [1.807, 2.05) is 0 Å². The molecule has 1 N–H and O–H groups in total. The summed E-state index contributed by atoms with van der Waals surface area (Å²) in [5.74, 6) is 0.179. The average Bonchev–Trinajstić information content (AvgIpc) is 3.27. The van der Waals surface area contributed by atoms with Gasteiger partial charge in [0.2, 0.25) is 10.0 Å². The summed E-state index contributed by atoms with van der Waals surface area (Å²) in [5.41, 5.74) is 0. The van der Waals surface area contributed by atoms with Crippen molar-refractivity contribution in [1.82, 2.24) is 9.62 Å². The second-order valence-electron chi connectivity index (χ2n) is 5.34. The Labute approximate surface area is 144 Å². The Balaban J connectivity index is 1.80. The Morgan fingerprint density at radius 1 is 1.33 bits per heavy atom. The molecule has 130 valence electrons. The maximum Gasteiger partial charge on any atom is 0.263 e. The van der Waals surface area contributed by atoms with Gasteiger partial charge in [-0.1, -0.05) is 0 Å². The van der Waals surface area contributed by atoms with Gasteiger partial charge in [-0.15, -0.1) is 11.3 Å². The molecule has 0 aliphatic carbocycles. The SMILES string of the molecule is C[C@H](NC(=O)c1sccc1S(=O)(=O)N1CCOCC1)c1ccco1. The van der Waals surface area contributed by atoms with E-state index >= 15 is 0 Å². The summed E-state index contributed by atoms with van der Waals surface area (Å²) >= 11 is 1.11. The fourth-order valence-electron chi connectivity index (χ4n) is 2.46. The zero-order valence-electron chi connectivity index (χ0n) is 13.1. The Bertz CT molecular complexity index is 792. The number of nitrogens with zero attached hydrogens (tertiary/aromatic N) is 1. The van der Waals surface area contributed by atoms with Crippen LogP contribution in [0, 0.1) is 0 Å². The van der Waals surface area contributed by atoms with E-state index in [2.05, 4.69) is 5.32 Å². The molecule has 24 heavy (non-hydrogen) atoms. The predicted molar refractivity (Wildman–Crippen MR) is 88.5 cm³/mol. The molecule has 1 fully saturated rings. The number of furan rings is 1. The number of nitrogens with one attached hydrogen (secondary N) is 1. The molecule has 1 aliphatic rings. The Morgan fingerprint density at radius 3 is 2.75 bits per heavy atom. The van der Waals surface area contributed by atoms with E-state index in [1.165, 1.54) is 16.6 Å². The summed E-state index contributed by atoms with van der Waals surface area (Å²) in [6.07, 6.45) is 1.53. The zero-order valence-corrected chi connectivity index (χ0v) is 14.7. The summed E-state index contributed by atoms with van der Waals surface area (Å²) in [6.45, 7) is 3.09. The van der Waals surface area contributed by atoms with E-state index in [9.17, 15) is 13.2 Å². The first-order valence-corrected chi connectivity index (χ1v) is 9.82. The van der Waals surface area contributed by atoms with E-state index in [4.69, 9.17) is 9.15 Å². The van der Waals surface area contributed by atoms with E-state index in [0.717, 1.165) is 11.3 Å². The highest BCUT2D eigenvalue weighted by atomic mass is 32.2. The molecule has 0 saturated carbocycles. The van der Waals surface area contributed by atoms with Gasteiger partial charge >= 0.3 is 0 Å². The molecule has 1 atom stereocenters. The maximum absolute atomic E-state index is 12.8. The van der Waals surface area contributed by atoms with Gasteiger partial charge in [0.25, 0.3) is 5.91 Å². The van der Waals surface area contributed by atoms with E-state index in [1.54, 1.807) is 24.4 Å². The second-order valence-corrected chi connectivity index (χ2v) is 8.16. The van der Waals surface area contributed by atoms with Gasteiger partial charge < -0.3 is 14.5 Å². The van der Waals surface area contributed by atoms with E-state index < -0.39 is 15.9 Å². The quantitative estimate of drug-likeness (QED) is 0.868. The van der Waals surface area contributed by atoms with Crippen molar-refractivity contribution in [2.75, 3.05) is 26.3 Å². The van der Waals surface area contributed by atoms with E-state index in [0.29, 0.717) is 32.1 Å². The summed E-state index contributed by atoms with van der Waals surface area (Å²) in [4.78, 5) is 12.7. The zero-order chi connectivity index (χ0) is 17.2. The molecule has 2 aromatic rings. The lowest BCUT2D eigenvalue weighted by Crippen LogP contribution is -2.41. The van der Waals surface area contributed by atoms with Crippen LogP contribution in [0.15, 0.2) is 39.2 Å². The minimum Gasteiger partial charge on any atom is -0.467 e. The van der Waals surface area contributed by atoms with Crippen LogP contribution in [0.1, 0.15) is 28.4 Å². The number of carbonyl (C=O) groups excluding carboxylic acids is 1. The Hall–Kier alpha value is -1.68. The molecule has 0 unspecified atom stereocenters. The van der Waals surface area contributed by atoms with E-state index in [-0.39, 0.29) is 15.8 Å². The summed E-state index contributed by atoms with van der Waals surface area (Å²) in [7, 11) is -3.70. The van der Waals surface area contributed by atoms with Crippen LogP contribution in [0.3, 0.4) is 0 Å². The molecule has 0 radical (unpaired) electrons. The van der Waals surface area contributed by atoms with Gasteiger partial charge in [-0.2, -0.15) is 4.31 Å². The standard InChI is InChI=1S/C15H18N2O5S2/c1-11(12-3-2-7-22-12)16-15(18)14-13(4-10-23-14)24(19,20)17-5-8-21-9-6-17/h2-4,7,10-11H,5-6,8-9H2,1H3,(H,16,18)/t11-/m0/s1. The fraction of sp³-hybridized carbons (Fsp3) is 0.400. The normalized spacial score (nSPS) is 17.5. The van der Waals surface area contributed by atoms with Crippen molar-refractivity contribution < 1.29 is 22.4 Å². The third kappa shape index (κ3) is 3.39. The van der Waals surface area contributed by atoms with Crippen LogP contribution < -0.4 is 5.32 Å². The van der Waals surface area contributed by atoms with Gasteiger partial charge in [0.1, 0.15) is 15.5 Å². The molecule has 0 bridgehead atoms. The number of sulfonamides is 1. The van der Waals surface area contributed by atoms with Gasteiger partial charge in [-0.05, 0) is 30.5 Å². The Morgan fingerprint density at radius 2 is 2.08 bits per heavy atom. The van der Waals surface area contributed by atoms with Crippen molar-refractivity contribution in [2.24, 2.45) is 0 Å². The number of carbonyl (C=O) groups is 1. The topological polar surface area (TPSA) is 88.9 Å². The number of ether oxygens (including phenoxy) is 1. The Kier molecular flexibility index (Phi) is 5.04. The second kappa shape index (κ2) is 7.06.